The van der Waals surface area contributed by atoms with E-state index in [0.29, 0.717) is 5.75 Å². The number of fused-ring (bicyclic) bond motifs is 1. The van der Waals surface area contributed by atoms with Gasteiger partial charge in [0.2, 0.25) is 5.91 Å². The summed E-state index contributed by atoms with van der Waals surface area (Å²) in [6, 6.07) is 14.1. The first-order chi connectivity index (χ1) is 11.6. The maximum atomic E-state index is 12.4. The first-order valence-corrected chi connectivity index (χ1v) is 9.01. The number of hydrogen-bond donors (Lipinski definition) is 1. The molecular weight excluding hydrogens is 318 g/mol. The van der Waals surface area contributed by atoms with Gasteiger partial charge in [0.1, 0.15) is 0 Å². The molecule has 5 heteroatoms. The summed E-state index contributed by atoms with van der Waals surface area (Å²) < 4.78 is 2.03. The Bertz CT molecular complexity index is 885. The third kappa shape index (κ3) is 3.31. The van der Waals surface area contributed by atoms with Crippen molar-refractivity contribution >= 4 is 34.4 Å². The number of carbonyl (C=O) groups is 1. The van der Waals surface area contributed by atoms with Crippen LogP contribution in [-0.2, 0) is 18.3 Å². The maximum absolute atomic E-state index is 12.4. The van der Waals surface area contributed by atoms with Gasteiger partial charge in [0.15, 0.2) is 5.16 Å². The number of thioether (sulfide) groups is 1. The maximum Gasteiger partial charge on any atom is 0.234 e. The van der Waals surface area contributed by atoms with Crippen LogP contribution in [-0.4, -0.2) is 21.2 Å². The number of imidazole rings is 1. The molecule has 1 aromatic heterocycles. The molecular formula is C19H21N3OS. The van der Waals surface area contributed by atoms with E-state index < -0.39 is 0 Å². The van der Waals surface area contributed by atoms with Crippen molar-refractivity contribution in [3.05, 3.63) is 53.6 Å². The number of anilines is 1. The van der Waals surface area contributed by atoms with Crippen molar-refractivity contribution in [3.8, 4) is 0 Å². The summed E-state index contributed by atoms with van der Waals surface area (Å²) >= 11 is 1.46. The van der Waals surface area contributed by atoms with E-state index in [4.69, 9.17) is 0 Å². The topological polar surface area (TPSA) is 46.9 Å². The van der Waals surface area contributed by atoms with Crippen LogP contribution in [0.1, 0.15) is 18.1 Å². The molecule has 0 aliphatic heterocycles. The number of rotatable bonds is 5. The van der Waals surface area contributed by atoms with Crippen molar-refractivity contribution < 1.29 is 4.79 Å². The molecule has 1 heterocycles. The number of nitrogens with zero attached hydrogens (tertiary/aromatic N) is 2. The zero-order valence-electron chi connectivity index (χ0n) is 14.2. The van der Waals surface area contributed by atoms with Crippen LogP contribution in [0.3, 0.4) is 0 Å². The smallest absolute Gasteiger partial charge is 0.234 e. The highest BCUT2D eigenvalue weighted by Gasteiger charge is 2.12. The molecule has 0 unspecified atom stereocenters. The minimum absolute atomic E-state index is 0.00365. The summed E-state index contributed by atoms with van der Waals surface area (Å²) in [5.41, 5.74) is 5.23. The molecule has 3 rings (SSSR count). The Labute approximate surface area is 146 Å². The Morgan fingerprint density at radius 1 is 1.21 bits per heavy atom. The fourth-order valence-corrected chi connectivity index (χ4v) is 3.55. The van der Waals surface area contributed by atoms with Gasteiger partial charge in [-0.15, -0.1) is 0 Å². The molecule has 0 fully saturated rings. The number of nitrogens with one attached hydrogen (secondary N) is 1. The van der Waals surface area contributed by atoms with Crippen LogP contribution < -0.4 is 5.32 Å². The lowest BCUT2D eigenvalue weighted by molar-refractivity contribution is -0.113. The van der Waals surface area contributed by atoms with E-state index >= 15 is 0 Å². The molecule has 0 saturated carbocycles. The van der Waals surface area contributed by atoms with E-state index in [0.717, 1.165) is 39.4 Å². The normalized spacial score (nSPS) is 11.0. The Morgan fingerprint density at radius 3 is 2.75 bits per heavy atom. The molecule has 4 nitrogen and oxygen atoms in total. The standard InChI is InChI=1S/C19H21N3OS/c1-4-14-9-7-8-13(2)18(14)21-17(23)12-24-19-20-15-10-5-6-11-16(15)22(19)3/h5-11H,4,12H2,1-3H3,(H,21,23). The van der Waals surface area contributed by atoms with Crippen LogP contribution in [0.25, 0.3) is 11.0 Å². The predicted octanol–water partition coefficient (Wildman–Crippen LogP) is 4.17. The third-order valence-electron chi connectivity index (χ3n) is 4.08. The Balaban J connectivity index is 1.71. The van der Waals surface area contributed by atoms with E-state index in [9.17, 15) is 4.79 Å². The third-order valence-corrected chi connectivity index (χ3v) is 5.11. The highest BCUT2D eigenvalue weighted by molar-refractivity contribution is 7.99. The molecule has 24 heavy (non-hydrogen) atoms. The van der Waals surface area contributed by atoms with E-state index in [1.54, 1.807) is 0 Å². The molecule has 0 aliphatic rings. The summed E-state index contributed by atoms with van der Waals surface area (Å²) in [4.78, 5) is 17.0. The Hall–Kier alpha value is -2.27. The predicted molar refractivity (Wildman–Crippen MR) is 101 cm³/mol. The van der Waals surface area contributed by atoms with Crippen LogP contribution in [0.4, 0.5) is 5.69 Å². The average Bonchev–Trinajstić information content (AvgIpc) is 2.91. The molecule has 2 aromatic carbocycles. The fourth-order valence-electron chi connectivity index (χ4n) is 2.76. The van der Waals surface area contributed by atoms with E-state index in [-0.39, 0.29) is 5.91 Å². The van der Waals surface area contributed by atoms with Gasteiger partial charge in [0, 0.05) is 12.7 Å². The SMILES string of the molecule is CCc1cccc(C)c1NC(=O)CSc1nc2ccccc2n1C. The largest absolute Gasteiger partial charge is 0.325 e. The highest BCUT2D eigenvalue weighted by Crippen LogP contribution is 2.24. The van der Waals surface area contributed by atoms with Crippen LogP contribution in [0.5, 0.6) is 0 Å². The number of hydrogen-bond acceptors (Lipinski definition) is 3. The molecule has 0 bridgehead atoms. The number of aryl methyl sites for hydroxylation is 3. The van der Waals surface area contributed by atoms with Crippen molar-refractivity contribution in [1.82, 2.24) is 9.55 Å². The summed E-state index contributed by atoms with van der Waals surface area (Å²) in [5.74, 6) is 0.338. The van der Waals surface area contributed by atoms with Crippen LogP contribution >= 0.6 is 11.8 Å². The highest BCUT2D eigenvalue weighted by atomic mass is 32.2. The van der Waals surface area contributed by atoms with E-state index in [1.807, 2.05) is 54.9 Å². The fraction of sp³-hybridized carbons (Fsp3) is 0.263. The molecule has 0 spiro atoms. The van der Waals surface area contributed by atoms with Crippen LogP contribution in [0, 0.1) is 6.92 Å². The van der Waals surface area contributed by atoms with Gasteiger partial charge in [0.05, 0.1) is 16.8 Å². The van der Waals surface area contributed by atoms with Crippen molar-refractivity contribution in [2.45, 2.75) is 25.4 Å². The van der Waals surface area contributed by atoms with Crippen LogP contribution in [0.2, 0.25) is 0 Å². The second-order valence-electron chi connectivity index (χ2n) is 5.74. The minimum atomic E-state index is -0.00365. The second-order valence-corrected chi connectivity index (χ2v) is 6.68. The Kier molecular flexibility index (Phi) is 4.90. The average molecular weight is 339 g/mol. The number of amides is 1. The van der Waals surface area contributed by atoms with Gasteiger partial charge in [0.25, 0.3) is 0 Å². The van der Waals surface area contributed by atoms with Gasteiger partial charge in [-0.05, 0) is 36.6 Å². The first kappa shape index (κ1) is 16.6. The van der Waals surface area contributed by atoms with Crippen molar-refractivity contribution in [2.75, 3.05) is 11.1 Å². The number of aromatic nitrogens is 2. The molecule has 0 saturated heterocycles. The van der Waals surface area contributed by atoms with Crippen molar-refractivity contribution in [2.24, 2.45) is 7.05 Å². The lowest BCUT2D eigenvalue weighted by Gasteiger charge is -2.12. The number of benzene rings is 2. The summed E-state index contributed by atoms with van der Waals surface area (Å²) in [6.07, 6.45) is 0.898. The molecule has 3 aromatic rings. The number of carbonyl (C=O) groups excluding carboxylic acids is 1. The van der Waals surface area contributed by atoms with Gasteiger partial charge in [-0.25, -0.2) is 4.98 Å². The molecule has 1 N–H and O–H groups in total. The lowest BCUT2D eigenvalue weighted by Crippen LogP contribution is -2.16. The zero-order chi connectivity index (χ0) is 17.1. The minimum Gasteiger partial charge on any atom is -0.325 e. The molecule has 1 amide bonds. The molecule has 0 atom stereocenters. The molecule has 0 aliphatic carbocycles. The lowest BCUT2D eigenvalue weighted by atomic mass is 10.1. The van der Waals surface area contributed by atoms with Crippen molar-refractivity contribution in [3.63, 3.8) is 0 Å². The second kappa shape index (κ2) is 7.09. The summed E-state index contributed by atoms with van der Waals surface area (Å²) in [5, 5.41) is 3.91. The van der Waals surface area contributed by atoms with Crippen LogP contribution in [0.15, 0.2) is 47.6 Å². The monoisotopic (exact) mass is 339 g/mol. The quantitative estimate of drug-likeness (QED) is 0.710. The summed E-state index contributed by atoms with van der Waals surface area (Å²) in [6.45, 7) is 4.12. The van der Waals surface area contributed by atoms with Gasteiger partial charge in [-0.2, -0.15) is 0 Å². The first-order valence-electron chi connectivity index (χ1n) is 8.02. The summed E-state index contributed by atoms with van der Waals surface area (Å²) in [7, 11) is 1.98. The van der Waals surface area contributed by atoms with Crippen molar-refractivity contribution in [1.29, 1.82) is 0 Å². The van der Waals surface area contributed by atoms with E-state index in [2.05, 4.69) is 23.3 Å². The number of para-hydroxylation sites is 3. The molecule has 124 valence electrons. The van der Waals surface area contributed by atoms with Gasteiger partial charge in [-0.3, -0.25) is 4.79 Å². The molecule has 0 radical (unpaired) electrons. The van der Waals surface area contributed by atoms with Gasteiger partial charge in [-0.1, -0.05) is 49.0 Å². The van der Waals surface area contributed by atoms with Gasteiger partial charge < -0.3 is 9.88 Å². The van der Waals surface area contributed by atoms with E-state index in [1.165, 1.54) is 11.8 Å². The van der Waals surface area contributed by atoms with Gasteiger partial charge >= 0.3 is 0 Å². The zero-order valence-corrected chi connectivity index (χ0v) is 15.0. The Morgan fingerprint density at radius 2 is 2.00 bits per heavy atom.